The molecule has 2 aromatic heterocycles. The Kier molecular flexibility index (Phi) is 4.15. The zero-order valence-electron chi connectivity index (χ0n) is 15.9. The van der Waals surface area contributed by atoms with E-state index in [-0.39, 0.29) is 28.4 Å². The number of phenolic OH excluding ortho intramolecular Hbond substituents is 1. The molecule has 7 nitrogen and oxygen atoms in total. The van der Waals surface area contributed by atoms with Crippen LogP contribution in [-0.4, -0.2) is 15.6 Å². The minimum atomic E-state index is -0.774. The average molecular weight is 389 g/mol. The lowest BCUT2D eigenvalue weighted by Gasteiger charge is -2.16. The van der Waals surface area contributed by atoms with Crippen LogP contribution in [0.2, 0.25) is 0 Å². The number of aromatic hydroxyl groups is 1. The number of para-hydroxylation sites is 1. The first-order valence-corrected chi connectivity index (χ1v) is 8.93. The van der Waals surface area contributed by atoms with Gasteiger partial charge in [0.25, 0.3) is 11.5 Å². The van der Waals surface area contributed by atoms with Gasteiger partial charge in [-0.25, -0.2) is 0 Å². The summed E-state index contributed by atoms with van der Waals surface area (Å²) < 4.78 is 7.02. The van der Waals surface area contributed by atoms with E-state index in [1.54, 1.807) is 38.1 Å². The number of hydrogen-bond acceptors (Lipinski definition) is 5. The summed E-state index contributed by atoms with van der Waals surface area (Å²) in [5.74, 6) is -0.524. The van der Waals surface area contributed by atoms with E-state index in [0.717, 1.165) is 10.9 Å². The summed E-state index contributed by atoms with van der Waals surface area (Å²) in [6.07, 6.45) is 1.29. The fourth-order valence-electron chi connectivity index (χ4n) is 3.54. The number of carbonyl (C=O) groups excluding carboxylic acids is 1. The number of phenols is 1. The Bertz CT molecular complexity index is 1320. The van der Waals surface area contributed by atoms with Crippen LogP contribution in [0, 0.1) is 13.8 Å². The van der Waals surface area contributed by atoms with Crippen LogP contribution in [0.25, 0.3) is 28.0 Å². The largest absolute Gasteiger partial charge is 0.508 e. The van der Waals surface area contributed by atoms with E-state index in [4.69, 9.17) is 15.9 Å². The maximum Gasteiger partial charge on any atom is 0.267 e. The second-order valence-corrected chi connectivity index (χ2v) is 6.89. The summed E-state index contributed by atoms with van der Waals surface area (Å²) in [5.41, 5.74) is 13.5. The van der Waals surface area contributed by atoms with Crippen LogP contribution in [0.5, 0.6) is 5.75 Å². The summed E-state index contributed by atoms with van der Waals surface area (Å²) in [4.78, 5) is 25.5. The van der Waals surface area contributed by atoms with Gasteiger partial charge in [0.15, 0.2) is 0 Å². The van der Waals surface area contributed by atoms with Crippen molar-refractivity contribution < 1.29 is 14.3 Å². The van der Waals surface area contributed by atoms with E-state index in [2.05, 4.69) is 0 Å². The first-order chi connectivity index (χ1) is 13.8. The number of pyridine rings is 1. The van der Waals surface area contributed by atoms with Crippen molar-refractivity contribution >= 4 is 22.6 Å². The van der Waals surface area contributed by atoms with E-state index < -0.39 is 11.5 Å². The van der Waals surface area contributed by atoms with Crippen LogP contribution in [0.4, 0.5) is 5.69 Å². The lowest BCUT2D eigenvalue weighted by molar-refractivity contribution is 0.100. The van der Waals surface area contributed by atoms with E-state index in [1.807, 2.05) is 18.2 Å². The minimum absolute atomic E-state index is 0.0119. The number of rotatable bonds is 3. The number of aromatic nitrogens is 1. The van der Waals surface area contributed by atoms with E-state index in [0.29, 0.717) is 16.7 Å². The molecule has 4 aromatic rings. The highest BCUT2D eigenvalue weighted by Gasteiger charge is 2.23. The first kappa shape index (κ1) is 18.4. The van der Waals surface area contributed by atoms with Crippen LogP contribution >= 0.6 is 0 Å². The highest BCUT2D eigenvalue weighted by molar-refractivity contribution is 6.02. The summed E-state index contributed by atoms with van der Waals surface area (Å²) in [6.45, 7) is 3.47. The third kappa shape index (κ3) is 2.84. The van der Waals surface area contributed by atoms with Gasteiger partial charge < -0.3 is 21.0 Å². The number of amides is 1. The summed E-state index contributed by atoms with van der Waals surface area (Å²) >= 11 is 0. The third-order valence-corrected chi connectivity index (χ3v) is 5.06. The number of nitrogen functional groups attached to an aromatic ring is 1. The molecule has 0 aliphatic carbocycles. The molecule has 0 unspecified atom stereocenters. The molecule has 0 aliphatic rings. The summed E-state index contributed by atoms with van der Waals surface area (Å²) in [7, 11) is 0. The number of primary amides is 1. The predicted octanol–water partition coefficient (Wildman–Crippen LogP) is 3.25. The van der Waals surface area contributed by atoms with Crippen LogP contribution in [0.1, 0.15) is 21.5 Å². The maximum atomic E-state index is 13.4. The highest BCUT2D eigenvalue weighted by atomic mass is 16.4. The SMILES string of the molecule is Cc1ccc(O)c(C)c1-c1c(N)c(C(N)=O)cn(-c2cc3ccccc3o2)c1=O. The van der Waals surface area contributed by atoms with Gasteiger partial charge in [-0.2, -0.15) is 0 Å². The normalized spacial score (nSPS) is 11.1. The van der Waals surface area contributed by atoms with Gasteiger partial charge in [-0.05, 0) is 42.7 Å². The van der Waals surface area contributed by atoms with Gasteiger partial charge in [-0.3, -0.25) is 14.2 Å². The number of hydrogen-bond donors (Lipinski definition) is 3. The van der Waals surface area contributed by atoms with Crippen molar-refractivity contribution in [2.45, 2.75) is 13.8 Å². The molecular weight excluding hydrogens is 370 g/mol. The Hall–Kier alpha value is -4.00. The molecule has 0 spiro atoms. The highest BCUT2D eigenvalue weighted by Crippen LogP contribution is 2.35. The molecular formula is C22H19N3O4. The molecule has 0 radical (unpaired) electrons. The van der Waals surface area contributed by atoms with Crippen LogP contribution in [0.15, 0.2) is 57.9 Å². The van der Waals surface area contributed by atoms with Gasteiger partial charge in [0, 0.05) is 17.6 Å². The third-order valence-electron chi connectivity index (χ3n) is 5.06. The number of nitrogens with two attached hydrogens (primary N) is 2. The molecule has 0 bridgehead atoms. The molecule has 0 saturated heterocycles. The average Bonchev–Trinajstić information content (AvgIpc) is 3.11. The molecule has 146 valence electrons. The van der Waals surface area contributed by atoms with Crippen molar-refractivity contribution in [1.82, 2.24) is 4.57 Å². The summed E-state index contributed by atoms with van der Waals surface area (Å²) in [5, 5.41) is 11.0. The number of nitrogens with zero attached hydrogens (tertiary/aromatic N) is 1. The zero-order chi connectivity index (χ0) is 20.9. The van der Waals surface area contributed by atoms with Crippen molar-refractivity contribution in [3.8, 4) is 22.8 Å². The van der Waals surface area contributed by atoms with Crippen molar-refractivity contribution in [2.75, 3.05) is 5.73 Å². The fourth-order valence-corrected chi connectivity index (χ4v) is 3.54. The molecule has 7 heteroatoms. The first-order valence-electron chi connectivity index (χ1n) is 8.93. The molecule has 2 aromatic carbocycles. The van der Waals surface area contributed by atoms with Crippen molar-refractivity contribution in [3.63, 3.8) is 0 Å². The molecule has 4 rings (SSSR count). The number of furan rings is 1. The van der Waals surface area contributed by atoms with Gasteiger partial charge in [-0.15, -0.1) is 0 Å². The molecule has 0 saturated carbocycles. The quantitative estimate of drug-likeness (QED) is 0.496. The molecule has 5 N–H and O–H groups in total. The van der Waals surface area contributed by atoms with Gasteiger partial charge >= 0.3 is 0 Å². The maximum absolute atomic E-state index is 13.4. The molecule has 0 fully saturated rings. The molecule has 29 heavy (non-hydrogen) atoms. The second-order valence-electron chi connectivity index (χ2n) is 6.89. The molecule has 0 atom stereocenters. The Morgan fingerprint density at radius 1 is 1.10 bits per heavy atom. The standard InChI is InChI=1S/C22H19N3O4/c1-11-7-8-15(26)12(2)18(11)19-20(23)14(21(24)27)10-25(22(19)28)17-9-13-5-3-4-6-16(13)29-17/h3-10,26H,23H2,1-2H3,(H2,24,27). The number of carbonyl (C=O) groups is 1. The molecule has 1 amide bonds. The number of fused-ring (bicyclic) bond motifs is 1. The van der Waals surface area contributed by atoms with Crippen LogP contribution in [-0.2, 0) is 0 Å². The van der Waals surface area contributed by atoms with Gasteiger partial charge in [0.2, 0.25) is 5.88 Å². The van der Waals surface area contributed by atoms with Crippen molar-refractivity contribution in [3.05, 3.63) is 75.7 Å². The topological polar surface area (TPSA) is 124 Å². The van der Waals surface area contributed by atoms with E-state index >= 15 is 0 Å². The van der Waals surface area contributed by atoms with Gasteiger partial charge in [0.1, 0.15) is 11.3 Å². The van der Waals surface area contributed by atoms with Crippen LogP contribution in [0.3, 0.4) is 0 Å². The smallest absolute Gasteiger partial charge is 0.267 e. The summed E-state index contributed by atoms with van der Waals surface area (Å²) in [6, 6.07) is 12.2. The Morgan fingerprint density at radius 3 is 2.52 bits per heavy atom. The van der Waals surface area contributed by atoms with Crippen LogP contribution < -0.4 is 17.0 Å². The lowest BCUT2D eigenvalue weighted by atomic mass is 9.93. The predicted molar refractivity (Wildman–Crippen MR) is 111 cm³/mol. The lowest BCUT2D eigenvalue weighted by Crippen LogP contribution is -2.26. The minimum Gasteiger partial charge on any atom is -0.508 e. The number of aryl methyl sites for hydroxylation is 1. The fraction of sp³-hybridized carbons (Fsp3) is 0.0909. The molecule has 0 aliphatic heterocycles. The Morgan fingerprint density at radius 2 is 1.83 bits per heavy atom. The van der Waals surface area contributed by atoms with E-state index in [1.165, 1.54) is 10.8 Å². The van der Waals surface area contributed by atoms with Crippen molar-refractivity contribution in [1.29, 1.82) is 0 Å². The number of anilines is 1. The Labute approximate surface area is 165 Å². The van der Waals surface area contributed by atoms with Crippen molar-refractivity contribution in [2.24, 2.45) is 5.73 Å². The van der Waals surface area contributed by atoms with Gasteiger partial charge in [-0.1, -0.05) is 24.3 Å². The molecule has 2 heterocycles. The van der Waals surface area contributed by atoms with Gasteiger partial charge in [0.05, 0.1) is 16.8 Å². The monoisotopic (exact) mass is 389 g/mol. The number of benzene rings is 2. The zero-order valence-corrected chi connectivity index (χ0v) is 15.9. The second kappa shape index (κ2) is 6.56. The van der Waals surface area contributed by atoms with E-state index in [9.17, 15) is 14.7 Å². The Balaban J connectivity index is 2.11.